The molecule has 0 spiro atoms. The summed E-state index contributed by atoms with van der Waals surface area (Å²) in [6.45, 7) is 0.479. The van der Waals surface area contributed by atoms with E-state index in [-0.39, 0.29) is 12.5 Å². The lowest BCUT2D eigenvalue weighted by Gasteiger charge is -2.29. The third-order valence-electron chi connectivity index (χ3n) is 7.08. The van der Waals surface area contributed by atoms with Gasteiger partial charge in [0, 0.05) is 19.6 Å². The van der Waals surface area contributed by atoms with Gasteiger partial charge in [0.1, 0.15) is 12.1 Å². The van der Waals surface area contributed by atoms with Crippen molar-refractivity contribution in [2.75, 3.05) is 20.3 Å². The molecule has 0 aromatic heterocycles. The summed E-state index contributed by atoms with van der Waals surface area (Å²) in [7, 11) is 1.48. The van der Waals surface area contributed by atoms with Gasteiger partial charge in [0.25, 0.3) is 5.91 Å². The summed E-state index contributed by atoms with van der Waals surface area (Å²) in [5, 5.41) is 12.2. The summed E-state index contributed by atoms with van der Waals surface area (Å²) in [5.41, 5.74) is 3.37. The first-order valence-electron chi connectivity index (χ1n) is 11.2. The summed E-state index contributed by atoms with van der Waals surface area (Å²) < 4.78 is 11.2. The van der Waals surface area contributed by atoms with Crippen molar-refractivity contribution < 1.29 is 29.0 Å². The van der Waals surface area contributed by atoms with E-state index in [2.05, 4.69) is 17.4 Å². The molecular weight excluding hydrogens is 424 g/mol. The molecule has 1 saturated carbocycles. The van der Waals surface area contributed by atoms with Crippen LogP contribution in [0.2, 0.25) is 0 Å². The van der Waals surface area contributed by atoms with E-state index in [1.54, 1.807) is 0 Å². The van der Waals surface area contributed by atoms with Crippen LogP contribution in [0.25, 0.3) is 11.1 Å². The van der Waals surface area contributed by atoms with Gasteiger partial charge < -0.3 is 24.8 Å². The number of likely N-dealkylation sites (N-methyl/N-ethyl adjacent to an activating group) is 1. The molecule has 8 nitrogen and oxygen atoms in total. The molecule has 1 heterocycles. The first-order chi connectivity index (χ1) is 15.9. The number of alkyl carbamates (subject to hydrolysis) is 1. The Kier molecular flexibility index (Phi) is 5.32. The maximum atomic E-state index is 12.9. The van der Waals surface area contributed by atoms with Crippen LogP contribution in [-0.4, -0.2) is 65.9 Å². The molecule has 33 heavy (non-hydrogen) atoms. The molecule has 2 aliphatic carbocycles. The number of aliphatic carboxylic acids is 1. The Morgan fingerprint density at radius 3 is 2.27 bits per heavy atom. The van der Waals surface area contributed by atoms with Gasteiger partial charge in [-0.2, -0.15) is 0 Å². The second kappa shape index (κ2) is 8.19. The number of ether oxygens (including phenoxy) is 2. The minimum absolute atomic E-state index is 0.0585. The Balaban J connectivity index is 1.23. The van der Waals surface area contributed by atoms with Crippen LogP contribution in [0.3, 0.4) is 0 Å². The monoisotopic (exact) mass is 450 g/mol. The number of hydrogen-bond acceptors (Lipinski definition) is 5. The van der Waals surface area contributed by atoms with Gasteiger partial charge in [-0.1, -0.05) is 48.5 Å². The van der Waals surface area contributed by atoms with Crippen LogP contribution in [-0.2, 0) is 19.1 Å². The molecule has 8 heteroatoms. The Labute approximate surface area is 191 Å². The van der Waals surface area contributed by atoms with Gasteiger partial charge >= 0.3 is 12.1 Å². The average molecular weight is 450 g/mol. The summed E-state index contributed by atoms with van der Waals surface area (Å²) >= 11 is 0. The lowest BCUT2D eigenvalue weighted by atomic mass is 9.98. The highest BCUT2D eigenvalue weighted by Gasteiger charge is 2.57. The van der Waals surface area contributed by atoms with Crippen LogP contribution >= 0.6 is 0 Å². The van der Waals surface area contributed by atoms with E-state index in [9.17, 15) is 19.5 Å². The van der Waals surface area contributed by atoms with E-state index in [0.717, 1.165) is 22.3 Å². The molecule has 2 aromatic rings. The number of hydrogen-bond donors (Lipinski definition) is 2. The quantitative estimate of drug-likeness (QED) is 0.701. The largest absolute Gasteiger partial charge is 0.479 e. The van der Waals surface area contributed by atoms with Gasteiger partial charge in [0.2, 0.25) is 0 Å². The highest BCUT2D eigenvalue weighted by molar-refractivity contribution is 5.92. The van der Waals surface area contributed by atoms with Crippen molar-refractivity contribution in [1.82, 2.24) is 10.2 Å². The number of amides is 2. The Bertz CT molecular complexity index is 1070. The van der Waals surface area contributed by atoms with Crippen molar-refractivity contribution in [3.05, 3.63) is 59.7 Å². The highest BCUT2D eigenvalue weighted by Crippen LogP contribution is 2.44. The summed E-state index contributed by atoms with van der Waals surface area (Å²) in [6.07, 6.45) is -0.252. The van der Waals surface area contributed by atoms with E-state index in [1.165, 1.54) is 11.9 Å². The molecule has 2 aromatic carbocycles. The first-order valence-corrected chi connectivity index (χ1v) is 11.2. The maximum Gasteiger partial charge on any atom is 0.407 e. The number of fused-ring (bicyclic) bond motifs is 3. The van der Waals surface area contributed by atoms with E-state index in [0.29, 0.717) is 25.9 Å². The minimum Gasteiger partial charge on any atom is -0.479 e. The van der Waals surface area contributed by atoms with Crippen LogP contribution in [0, 0.1) is 0 Å². The van der Waals surface area contributed by atoms with Crippen molar-refractivity contribution in [2.24, 2.45) is 0 Å². The summed E-state index contributed by atoms with van der Waals surface area (Å²) in [4.78, 5) is 38.4. The molecule has 2 N–H and O–H groups in total. The lowest BCUT2D eigenvalue weighted by molar-refractivity contribution is -0.155. The van der Waals surface area contributed by atoms with Crippen LogP contribution in [0.4, 0.5) is 4.79 Å². The number of carbonyl (C=O) groups excluding carboxylic acids is 2. The SMILES string of the molecule is CN(C(=O)[C@@H]1OCC[C@@H]1NC(=O)OCC1c2ccccc2-c2ccccc21)C1(C(=O)O)CC1. The van der Waals surface area contributed by atoms with E-state index in [1.807, 2.05) is 36.4 Å². The number of benzene rings is 2. The van der Waals surface area contributed by atoms with Crippen LogP contribution < -0.4 is 5.32 Å². The van der Waals surface area contributed by atoms with Crippen LogP contribution in [0.15, 0.2) is 48.5 Å². The molecule has 2 atom stereocenters. The van der Waals surface area contributed by atoms with Gasteiger partial charge in [-0.15, -0.1) is 0 Å². The highest BCUT2D eigenvalue weighted by atomic mass is 16.6. The molecule has 2 fully saturated rings. The van der Waals surface area contributed by atoms with Crippen LogP contribution in [0.5, 0.6) is 0 Å². The van der Waals surface area contributed by atoms with Gasteiger partial charge in [-0.3, -0.25) is 4.79 Å². The fourth-order valence-electron chi connectivity index (χ4n) is 4.99. The van der Waals surface area contributed by atoms with Gasteiger partial charge in [0.05, 0.1) is 6.04 Å². The van der Waals surface area contributed by atoms with Gasteiger partial charge in [0.15, 0.2) is 6.10 Å². The second-order valence-corrected chi connectivity index (χ2v) is 8.89. The van der Waals surface area contributed by atoms with E-state index >= 15 is 0 Å². The molecule has 0 radical (unpaired) electrons. The predicted molar refractivity (Wildman–Crippen MR) is 119 cm³/mol. The predicted octanol–water partition coefficient (Wildman–Crippen LogP) is 2.76. The summed E-state index contributed by atoms with van der Waals surface area (Å²) in [5.74, 6) is -1.51. The standard InChI is InChI=1S/C25H26N2O6/c1-27(25(11-12-25)23(29)30)22(28)21-20(10-13-32-21)26-24(31)33-14-19-17-8-4-2-6-15(17)16-7-3-5-9-18(16)19/h2-9,19-21H,10-14H2,1H3,(H,26,31)(H,29,30)/t20-,21+/m0/s1. The Hall–Kier alpha value is -3.39. The normalized spacial score (nSPS) is 22.2. The first kappa shape index (κ1) is 21.5. The fraction of sp³-hybridized carbons (Fsp3) is 0.400. The zero-order valence-electron chi connectivity index (χ0n) is 18.3. The molecule has 5 rings (SSSR count). The zero-order chi connectivity index (χ0) is 23.2. The molecule has 1 saturated heterocycles. The van der Waals surface area contributed by atoms with Gasteiger partial charge in [-0.05, 0) is 41.5 Å². The molecule has 0 bridgehead atoms. The van der Waals surface area contributed by atoms with E-state index < -0.39 is 35.7 Å². The number of carbonyl (C=O) groups is 3. The number of carboxylic acids is 1. The number of nitrogens with zero attached hydrogens (tertiary/aromatic N) is 1. The fourth-order valence-corrected chi connectivity index (χ4v) is 4.99. The third-order valence-corrected chi connectivity index (χ3v) is 7.08. The molecular formula is C25H26N2O6. The zero-order valence-corrected chi connectivity index (χ0v) is 18.3. The number of carboxylic acid groups (broad SMARTS) is 1. The summed E-state index contributed by atoms with van der Waals surface area (Å²) in [6, 6.07) is 15.6. The van der Waals surface area contributed by atoms with Gasteiger partial charge in [-0.25, -0.2) is 9.59 Å². The third kappa shape index (κ3) is 3.64. The Morgan fingerprint density at radius 1 is 1.09 bits per heavy atom. The van der Waals surface area contributed by atoms with Crippen molar-refractivity contribution in [1.29, 1.82) is 0 Å². The average Bonchev–Trinajstić information content (AvgIpc) is 3.42. The molecule has 2 amide bonds. The topological polar surface area (TPSA) is 105 Å². The molecule has 0 unspecified atom stereocenters. The lowest BCUT2D eigenvalue weighted by Crippen LogP contribution is -2.54. The maximum absolute atomic E-state index is 12.9. The molecule has 1 aliphatic heterocycles. The second-order valence-electron chi connectivity index (χ2n) is 8.89. The molecule has 172 valence electrons. The molecule has 3 aliphatic rings. The minimum atomic E-state index is -1.16. The Morgan fingerprint density at radius 2 is 1.70 bits per heavy atom. The van der Waals surface area contributed by atoms with Crippen molar-refractivity contribution >= 4 is 18.0 Å². The van der Waals surface area contributed by atoms with Crippen molar-refractivity contribution in [2.45, 2.75) is 42.9 Å². The number of nitrogens with one attached hydrogen (secondary N) is 1. The van der Waals surface area contributed by atoms with Crippen LogP contribution in [0.1, 0.15) is 36.3 Å². The van der Waals surface area contributed by atoms with Crippen molar-refractivity contribution in [3.63, 3.8) is 0 Å². The smallest absolute Gasteiger partial charge is 0.407 e. The van der Waals surface area contributed by atoms with E-state index in [4.69, 9.17) is 9.47 Å². The number of rotatable bonds is 6. The van der Waals surface area contributed by atoms with Crippen molar-refractivity contribution in [3.8, 4) is 11.1 Å².